The molecule has 5 rings (SSSR count). The highest BCUT2D eigenvalue weighted by Crippen LogP contribution is 2.27. The monoisotopic (exact) mass is 575 g/mol. The summed E-state index contributed by atoms with van der Waals surface area (Å²) in [5.41, 5.74) is 4.13. The molecule has 8 nitrogen and oxygen atoms in total. The fraction of sp³-hybridized carbons (Fsp3) is 0.286. The van der Waals surface area contributed by atoms with Crippen LogP contribution in [0.5, 0.6) is 0 Å². The minimum absolute atomic E-state index is 0.229. The number of anilines is 1. The van der Waals surface area contributed by atoms with E-state index >= 15 is 0 Å². The number of carboxylic acid groups (broad SMARTS) is 1. The zero-order valence-electron chi connectivity index (χ0n) is 21.7. The third-order valence-electron chi connectivity index (χ3n) is 6.05. The van der Waals surface area contributed by atoms with Crippen molar-refractivity contribution in [2.45, 2.75) is 19.1 Å². The third kappa shape index (κ3) is 8.38. The van der Waals surface area contributed by atoms with E-state index in [0.29, 0.717) is 25.6 Å². The number of aromatic nitrogens is 3. The number of alkyl halides is 3. The van der Waals surface area contributed by atoms with Crippen molar-refractivity contribution < 1.29 is 36.6 Å². The fourth-order valence-electron chi connectivity index (χ4n) is 3.99. The summed E-state index contributed by atoms with van der Waals surface area (Å²) in [6.45, 7) is 3.96. The van der Waals surface area contributed by atoms with Gasteiger partial charge in [0, 0.05) is 18.7 Å². The van der Waals surface area contributed by atoms with Crippen LogP contribution in [0.25, 0.3) is 22.3 Å². The number of fused-ring (bicyclic) bond motifs is 1. The molecule has 216 valence electrons. The van der Waals surface area contributed by atoms with E-state index in [4.69, 9.17) is 29.6 Å². The van der Waals surface area contributed by atoms with E-state index in [0.717, 1.165) is 59.7 Å². The lowest BCUT2D eigenvalue weighted by Crippen LogP contribution is -2.37. The van der Waals surface area contributed by atoms with Crippen LogP contribution in [0.15, 0.2) is 60.7 Å². The van der Waals surface area contributed by atoms with Gasteiger partial charge in [-0.3, -0.25) is 0 Å². The molecule has 4 aromatic rings. The van der Waals surface area contributed by atoms with Crippen LogP contribution in [-0.4, -0.2) is 65.1 Å². The highest BCUT2D eigenvalue weighted by Gasteiger charge is 2.38. The maximum absolute atomic E-state index is 13.4. The van der Waals surface area contributed by atoms with Crippen LogP contribution < -0.4 is 10.2 Å². The second-order valence-electron chi connectivity index (χ2n) is 8.99. The Morgan fingerprint density at radius 2 is 1.51 bits per heavy atom. The number of carbonyl (C=O) groups is 1. The van der Waals surface area contributed by atoms with Crippen molar-refractivity contribution in [2.24, 2.45) is 0 Å². The van der Waals surface area contributed by atoms with E-state index in [2.05, 4.69) is 10.2 Å². The number of nitrogens with zero attached hydrogens (tertiary/aromatic N) is 4. The van der Waals surface area contributed by atoms with Gasteiger partial charge in [0.25, 0.3) is 0 Å². The summed E-state index contributed by atoms with van der Waals surface area (Å²) in [5, 5.41) is 10.5. The number of carboxylic acids is 1. The van der Waals surface area contributed by atoms with Crippen LogP contribution in [0.3, 0.4) is 0 Å². The first-order valence-electron chi connectivity index (χ1n) is 12.6. The summed E-state index contributed by atoms with van der Waals surface area (Å²) in [4.78, 5) is 25.5. The molecule has 0 radical (unpaired) electrons. The van der Waals surface area contributed by atoms with Crippen molar-refractivity contribution in [2.75, 3.05) is 37.7 Å². The highest BCUT2D eigenvalue weighted by atomic mass is 19.4. The molecule has 1 aliphatic heterocycles. The van der Waals surface area contributed by atoms with Gasteiger partial charge >= 0.3 is 12.1 Å². The van der Waals surface area contributed by atoms with Crippen molar-refractivity contribution in [3.8, 4) is 11.3 Å². The molecule has 0 atom stereocenters. The quantitative estimate of drug-likeness (QED) is 0.240. The van der Waals surface area contributed by atoms with E-state index in [1.54, 1.807) is 24.3 Å². The maximum atomic E-state index is 13.4. The number of morpholine rings is 1. The van der Waals surface area contributed by atoms with Crippen LogP contribution in [0, 0.1) is 11.6 Å². The van der Waals surface area contributed by atoms with Crippen molar-refractivity contribution >= 4 is 22.8 Å². The van der Waals surface area contributed by atoms with Gasteiger partial charge in [0.1, 0.15) is 23.0 Å². The SMILES string of the molecule is Fc1ccc(CCNCc2nc(N3CCOCC3)c3nc(-c4ccc(F)cc4)ccc3n2)cc1.O=C(O)C(F)(F)F. The Balaban J connectivity index is 0.000000493. The zero-order valence-corrected chi connectivity index (χ0v) is 21.7. The summed E-state index contributed by atoms with van der Waals surface area (Å²) < 4.78 is 63.7. The highest BCUT2D eigenvalue weighted by molar-refractivity contribution is 5.87. The molecule has 41 heavy (non-hydrogen) atoms. The van der Waals surface area contributed by atoms with Gasteiger partial charge in [-0.25, -0.2) is 28.5 Å². The van der Waals surface area contributed by atoms with Crippen LogP contribution >= 0.6 is 0 Å². The first kappa shape index (κ1) is 29.7. The van der Waals surface area contributed by atoms with Crippen LogP contribution in [0.4, 0.5) is 27.8 Å². The largest absolute Gasteiger partial charge is 0.490 e. The number of benzene rings is 2. The number of pyridine rings is 1. The number of rotatable bonds is 7. The lowest BCUT2D eigenvalue weighted by Gasteiger charge is -2.28. The Kier molecular flexibility index (Phi) is 9.73. The molecule has 1 fully saturated rings. The second-order valence-corrected chi connectivity index (χ2v) is 8.99. The van der Waals surface area contributed by atoms with E-state index < -0.39 is 12.1 Å². The van der Waals surface area contributed by atoms with E-state index in [1.807, 2.05) is 12.1 Å². The molecule has 3 heterocycles. The Morgan fingerprint density at radius 1 is 0.902 bits per heavy atom. The molecule has 0 unspecified atom stereocenters. The molecule has 2 aromatic carbocycles. The predicted octanol–water partition coefficient (Wildman–Crippen LogP) is 4.77. The number of aliphatic carboxylic acids is 1. The average Bonchev–Trinajstić information content (AvgIpc) is 2.96. The summed E-state index contributed by atoms with van der Waals surface area (Å²) in [6.07, 6.45) is -4.30. The first-order chi connectivity index (χ1) is 19.6. The number of hydrogen-bond donors (Lipinski definition) is 2. The van der Waals surface area contributed by atoms with Gasteiger partial charge in [-0.2, -0.15) is 13.2 Å². The molecule has 0 amide bonds. The minimum Gasteiger partial charge on any atom is -0.475 e. The third-order valence-corrected chi connectivity index (χ3v) is 6.05. The molecule has 0 aliphatic carbocycles. The van der Waals surface area contributed by atoms with Gasteiger partial charge in [-0.05, 0) is 67.1 Å². The van der Waals surface area contributed by atoms with Gasteiger partial charge in [0.2, 0.25) is 0 Å². The normalized spacial score (nSPS) is 13.5. The van der Waals surface area contributed by atoms with Crippen LogP contribution in [-0.2, 0) is 22.5 Å². The fourth-order valence-corrected chi connectivity index (χ4v) is 3.99. The Morgan fingerprint density at radius 3 is 2.12 bits per heavy atom. The van der Waals surface area contributed by atoms with Gasteiger partial charge in [0.05, 0.1) is 31.0 Å². The summed E-state index contributed by atoms with van der Waals surface area (Å²) in [5.74, 6) is -1.80. The first-order valence-corrected chi connectivity index (χ1v) is 12.6. The number of halogens is 5. The molecule has 1 aliphatic rings. The zero-order chi connectivity index (χ0) is 29.4. The minimum atomic E-state index is -5.08. The summed E-state index contributed by atoms with van der Waals surface area (Å²) >= 11 is 0. The standard InChI is InChI=1S/C26H25F2N5O.C2HF3O2/c27-20-5-1-18(2-6-20)11-12-29-17-24-30-23-10-9-22(19-3-7-21(28)8-4-19)31-25(23)26(32-24)33-13-15-34-16-14-33;3-2(4,5)1(6)7/h1-10,29H,11-17H2;(H,6,7). The van der Waals surface area contributed by atoms with Gasteiger partial charge in [-0.15, -0.1) is 0 Å². The Hall–Kier alpha value is -4.23. The molecular formula is C28H26F5N5O3. The number of nitrogens with one attached hydrogen (secondary N) is 1. The van der Waals surface area contributed by atoms with Gasteiger partial charge in [-0.1, -0.05) is 12.1 Å². The van der Waals surface area contributed by atoms with Gasteiger partial charge in [0.15, 0.2) is 5.82 Å². The Labute approximate surface area is 231 Å². The smallest absolute Gasteiger partial charge is 0.475 e. The molecular weight excluding hydrogens is 549 g/mol. The van der Waals surface area contributed by atoms with Crippen molar-refractivity contribution in [3.63, 3.8) is 0 Å². The van der Waals surface area contributed by atoms with E-state index in [1.165, 1.54) is 24.3 Å². The van der Waals surface area contributed by atoms with Crippen molar-refractivity contribution in [1.29, 1.82) is 0 Å². The van der Waals surface area contributed by atoms with Crippen molar-refractivity contribution in [1.82, 2.24) is 20.3 Å². The predicted molar refractivity (Wildman–Crippen MR) is 141 cm³/mol. The second kappa shape index (κ2) is 13.4. The molecule has 0 bridgehead atoms. The number of hydrogen-bond acceptors (Lipinski definition) is 7. The van der Waals surface area contributed by atoms with E-state index in [-0.39, 0.29) is 11.6 Å². The van der Waals surface area contributed by atoms with Crippen LogP contribution in [0.2, 0.25) is 0 Å². The molecule has 2 N–H and O–H groups in total. The number of ether oxygens (including phenoxy) is 1. The molecule has 0 spiro atoms. The maximum Gasteiger partial charge on any atom is 0.490 e. The topological polar surface area (TPSA) is 100 Å². The van der Waals surface area contributed by atoms with Crippen LogP contribution in [0.1, 0.15) is 11.4 Å². The van der Waals surface area contributed by atoms with Gasteiger partial charge < -0.3 is 20.1 Å². The average molecular weight is 576 g/mol. The van der Waals surface area contributed by atoms with Crippen molar-refractivity contribution in [3.05, 3.63) is 83.7 Å². The molecule has 13 heteroatoms. The summed E-state index contributed by atoms with van der Waals surface area (Å²) in [7, 11) is 0. The lowest BCUT2D eigenvalue weighted by atomic mass is 10.1. The van der Waals surface area contributed by atoms with E-state index in [9.17, 15) is 22.0 Å². The molecule has 2 aromatic heterocycles. The lowest BCUT2D eigenvalue weighted by molar-refractivity contribution is -0.192. The summed E-state index contributed by atoms with van der Waals surface area (Å²) in [6, 6.07) is 16.7. The molecule has 0 saturated carbocycles. The Bertz CT molecular complexity index is 1460. The molecule has 1 saturated heterocycles.